The van der Waals surface area contributed by atoms with Crippen LogP contribution < -0.4 is 16.0 Å². The molecule has 3 N–H and O–H groups in total. The number of guanidine groups is 1. The van der Waals surface area contributed by atoms with E-state index in [1.165, 1.54) is 56.3 Å². The van der Waals surface area contributed by atoms with E-state index in [0.717, 1.165) is 39.1 Å². The van der Waals surface area contributed by atoms with E-state index in [-0.39, 0.29) is 24.0 Å². The minimum atomic E-state index is 0. The van der Waals surface area contributed by atoms with Crippen LogP contribution in [0.5, 0.6) is 0 Å². The monoisotopic (exact) mass is 499 g/mol. The van der Waals surface area contributed by atoms with Crippen LogP contribution >= 0.6 is 24.0 Å². The second-order valence-electron chi connectivity index (χ2n) is 8.12. The molecule has 1 aliphatic carbocycles. The topological polar surface area (TPSA) is 56.9 Å². The first-order chi connectivity index (χ1) is 13.2. The molecule has 1 saturated heterocycles. The summed E-state index contributed by atoms with van der Waals surface area (Å²) in [4.78, 5) is 9.61. The van der Waals surface area contributed by atoms with E-state index in [9.17, 15) is 0 Å². The summed E-state index contributed by atoms with van der Waals surface area (Å²) in [5.74, 6) is 0.647. The Morgan fingerprint density at radius 1 is 1.11 bits per heavy atom. The second kappa shape index (κ2) is 12.5. The largest absolute Gasteiger partial charge is 0.370 e. The van der Waals surface area contributed by atoms with Gasteiger partial charge in [-0.1, -0.05) is 31.4 Å². The van der Waals surface area contributed by atoms with Gasteiger partial charge in [0.15, 0.2) is 5.96 Å². The number of hydrogen-bond acceptors (Lipinski definition) is 3. The molecule has 1 aromatic rings. The molecule has 2 fully saturated rings. The highest BCUT2D eigenvalue weighted by Gasteiger charge is 2.17. The molecule has 0 unspecified atom stereocenters. The SMILES string of the molecule is Cc1cccc(N2CCN(CCCCN=C(N)NC3CCCCC3)CC2)c1.I. The first-order valence-corrected chi connectivity index (χ1v) is 10.8. The van der Waals surface area contributed by atoms with Gasteiger partial charge in [0.1, 0.15) is 0 Å². The van der Waals surface area contributed by atoms with E-state index in [2.05, 4.69) is 51.3 Å². The van der Waals surface area contributed by atoms with Crippen molar-refractivity contribution in [1.29, 1.82) is 0 Å². The summed E-state index contributed by atoms with van der Waals surface area (Å²) in [7, 11) is 0. The smallest absolute Gasteiger partial charge is 0.188 e. The third-order valence-electron chi connectivity index (χ3n) is 5.86. The number of hydrogen-bond donors (Lipinski definition) is 2. The predicted octanol–water partition coefficient (Wildman–Crippen LogP) is 3.75. The summed E-state index contributed by atoms with van der Waals surface area (Å²) in [5.41, 5.74) is 8.74. The Labute approximate surface area is 188 Å². The molecule has 0 amide bonds. The number of nitrogens with one attached hydrogen (secondary N) is 1. The minimum absolute atomic E-state index is 0. The van der Waals surface area contributed by atoms with Crippen LogP contribution in [0.15, 0.2) is 29.3 Å². The van der Waals surface area contributed by atoms with Gasteiger partial charge in [-0.2, -0.15) is 0 Å². The average molecular weight is 499 g/mol. The average Bonchev–Trinajstić information content (AvgIpc) is 2.69. The number of halogens is 1. The van der Waals surface area contributed by atoms with Gasteiger partial charge < -0.3 is 16.0 Å². The van der Waals surface area contributed by atoms with Crippen LogP contribution in [-0.4, -0.2) is 56.2 Å². The van der Waals surface area contributed by atoms with E-state index in [1.54, 1.807) is 0 Å². The number of rotatable bonds is 7. The zero-order chi connectivity index (χ0) is 18.9. The van der Waals surface area contributed by atoms with Crippen molar-refractivity contribution in [3.8, 4) is 0 Å². The Bertz CT molecular complexity index is 592. The summed E-state index contributed by atoms with van der Waals surface area (Å²) in [5, 5.41) is 3.40. The lowest BCUT2D eigenvalue weighted by molar-refractivity contribution is 0.253. The van der Waals surface area contributed by atoms with Gasteiger partial charge in [0.05, 0.1) is 0 Å². The highest BCUT2D eigenvalue weighted by molar-refractivity contribution is 14.0. The van der Waals surface area contributed by atoms with Crippen molar-refractivity contribution in [2.45, 2.75) is 57.9 Å². The molecular formula is C22H38IN5. The van der Waals surface area contributed by atoms with Crippen molar-refractivity contribution >= 4 is 35.6 Å². The number of nitrogens with zero attached hydrogens (tertiary/aromatic N) is 3. The molecule has 158 valence electrons. The molecule has 6 heteroatoms. The van der Waals surface area contributed by atoms with Gasteiger partial charge in [0.25, 0.3) is 0 Å². The molecule has 0 aromatic heterocycles. The van der Waals surface area contributed by atoms with Gasteiger partial charge >= 0.3 is 0 Å². The fourth-order valence-corrected chi connectivity index (χ4v) is 4.20. The summed E-state index contributed by atoms with van der Waals surface area (Å²) in [6, 6.07) is 9.39. The third-order valence-corrected chi connectivity index (χ3v) is 5.86. The number of aliphatic imine (C=N–C) groups is 1. The van der Waals surface area contributed by atoms with Crippen LogP contribution in [-0.2, 0) is 0 Å². The number of anilines is 1. The number of piperazine rings is 1. The highest BCUT2D eigenvalue weighted by atomic mass is 127. The van der Waals surface area contributed by atoms with Gasteiger partial charge in [-0.05, 0) is 56.8 Å². The van der Waals surface area contributed by atoms with Gasteiger partial charge in [-0.3, -0.25) is 9.89 Å². The minimum Gasteiger partial charge on any atom is -0.370 e. The van der Waals surface area contributed by atoms with Crippen LogP contribution in [0, 0.1) is 6.92 Å². The maximum Gasteiger partial charge on any atom is 0.188 e. The predicted molar refractivity (Wildman–Crippen MR) is 131 cm³/mol. The Kier molecular flexibility index (Phi) is 10.4. The molecule has 28 heavy (non-hydrogen) atoms. The molecule has 1 aliphatic heterocycles. The van der Waals surface area contributed by atoms with Crippen LogP contribution in [0.3, 0.4) is 0 Å². The maximum atomic E-state index is 6.03. The Balaban J connectivity index is 0.00000280. The van der Waals surface area contributed by atoms with Crippen molar-refractivity contribution in [2.24, 2.45) is 10.7 Å². The van der Waals surface area contributed by atoms with Crippen LogP contribution in [0.25, 0.3) is 0 Å². The fourth-order valence-electron chi connectivity index (χ4n) is 4.20. The fraction of sp³-hybridized carbons (Fsp3) is 0.682. The molecule has 1 saturated carbocycles. The maximum absolute atomic E-state index is 6.03. The summed E-state index contributed by atoms with van der Waals surface area (Å²) in [6.45, 7) is 8.74. The number of nitrogens with two attached hydrogens (primary N) is 1. The van der Waals surface area contributed by atoms with Crippen molar-refractivity contribution in [2.75, 3.05) is 44.2 Å². The van der Waals surface area contributed by atoms with E-state index in [1.807, 2.05) is 0 Å². The molecular weight excluding hydrogens is 461 g/mol. The van der Waals surface area contributed by atoms with Crippen molar-refractivity contribution in [1.82, 2.24) is 10.2 Å². The van der Waals surface area contributed by atoms with Crippen molar-refractivity contribution in [3.05, 3.63) is 29.8 Å². The van der Waals surface area contributed by atoms with Crippen molar-refractivity contribution in [3.63, 3.8) is 0 Å². The normalized spacial score (nSPS) is 19.3. The molecule has 0 radical (unpaired) electrons. The number of benzene rings is 1. The molecule has 1 aromatic carbocycles. The molecule has 0 spiro atoms. The van der Waals surface area contributed by atoms with E-state index in [4.69, 9.17) is 5.73 Å². The third kappa shape index (κ3) is 7.78. The first-order valence-electron chi connectivity index (χ1n) is 10.8. The first kappa shape index (κ1) is 23.3. The Morgan fingerprint density at radius 3 is 2.57 bits per heavy atom. The molecule has 1 heterocycles. The number of unbranched alkanes of at least 4 members (excludes halogenated alkanes) is 1. The second-order valence-corrected chi connectivity index (χ2v) is 8.12. The van der Waals surface area contributed by atoms with Gasteiger partial charge in [0.2, 0.25) is 0 Å². The Hall–Kier alpha value is -1.02. The summed E-state index contributed by atoms with van der Waals surface area (Å²) < 4.78 is 0. The lowest BCUT2D eigenvalue weighted by atomic mass is 9.96. The summed E-state index contributed by atoms with van der Waals surface area (Å²) in [6.07, 6.45) is 8.81. The van der Waals surface area contributed by atoms with Crippen LogP contribution in [0.1, 0.15) is 50.5 Å². The molecule has 0 atom stereocenters. The van der Waals surface area contributed by atoms with Crippen LogP contribution in [0.2, 0.25) is 0 Å². The zero-order valence-corrected chi connectivity index (χ0v) is 19.7. The summed E-state index contributed by atoms with van der Waals surface area (Å²) >= 11 is 0. The molecule has 3 rings (SSSR count). The van der Waals surface area contributed by atoms with Crippen molar-refractivity contribution < 1.29 is 0 Å². The lowest BCUT2D eigenvalue weighted by Crippen LogP contribution is -2.46. The van der Waals surface area contributed by atoms with Gasteiger partial charge in [-0.25, -0.2) is 0 Å². The van der Waals surface area contributed by atoms with E-state index >= 15 is 0 Å². The van der Waals surface area contributed by atoms with Crippen LogP contribution in [0.4, 0.5) is 5.69 Å². The molecule has 0 bridgehead atoms. The standard InChI is InChI=1S/C22H37N5.HI/c1-19-8-7-11-21(18-19)27-16-14-26(15-17-27)13-6-5-12-24-22(23)25-20-9-3-2-4-10-20;/h7-8,11,18,20H,2-6,9-10,12-17H2,1H3,(H3,23,24,25);1H. The quantitative estimate of drug-likeness (QED) is 0.260. The molecule has 5 nitrogen and oxygen atoms in total. The van der Waals surface area contributed by atoms with Gasteiger partial charge in [-0.15, -0.1) is 24.0 Å². The zero-order valence-electron chi connectivity index (χ0n) is 17.4. The molecule has 2 aliphatic rings. The number of aryl methyl sites for hydroxylation is 1. The lowest BCUT2D eigenvalue weighted by Gasteiger charge is -2.36. The van der Waals surface area contributed by atoms with E-state index in [0.29, 0.717) is 12.0 Å². The Morgan fingerprint density at radius 2 is 1.86 bits per heavy atom. The highest BCUT2D eigenvalue weighted by Crippen LogP contribution is 2.18. The van der Waals surface area contributed by atoms with E-state index < -0.39 is 0 Å². The van der Waals surface area contributed by atoms with Gasteiger partial charge in [0, 0.05) is 44.5 Å².